The highest BCUT2D eigenvalue weighted by atomic mass is 19.4. The number of benzene rings is 2. The average Bonchev–Trinajstić information content (AvgIpc) is 3.00. The monoisotopic (exact) mass is 337 g/mol. The molecule has 1 fully saturated rings. The van der Waals surface area contributed by atoms with Crippen LogP contribution in [0.5, 0.6) is 0 Å². The summed E-state index contributed by atoms with van der Waals surface area (Å²) in [6.45, 7) is -1.10. The summed E-state index contributed by atoms with van der Waals surface area (Å²) in [5.41, 5.74) is -2.64. The second-order valence-corrected chi connectivity index (χ2v) is 5.92. The topological polar surface area (TPSA) is 57.6 Å². The van der Waals surface area contributed by atoms with Crippen molar-refractivity contribution in [2.45, 2.75) is 12.6 Å². The molecule has 24 heavy (non-hydrogen) atoms. The SMILES string of the molecule is O=C(c1ccc2ccccc2c1)N1CCC(C(=O)O)(C(F)(F)F)C1. The van der Waals surface area contributed by atoms with Crippen LogP contribution in [0.4, 0.5) is 13.2 Å². The molecule has 0 bridgehead atoms. The first-order valence-corrected chi connectivity index (χ1v) is 7.33. The molecule has 1 heterocycles. The van der Waals surface area contributed by atoms with Crippen molar-refractivity contribution in [2.75, 3.05) is 13.1 Å². The van der Waals surface area contributed by atoms with Crippen LogP contribution in [0.1, 0.15) is 16.8 Å². The first-order valence-electron chi connectivity index (χ1n) is 7.33. The Labute approximate surface area is 135 Å². The lowest BCUT2D eigenvalue weighted by atomic mass is 9.86. The summed E-state index contributed by atoms with van der Waals surface area (Å²) in [4.78, 5) is 24.6. The van der Waals surface area contributed by atoms with Gasteiger partial charge in [0.2, 0.25) is 0 Å². The van der Waals surface area contributed by atoms with E-state index in [1.165, 1.54) is 0 Å². The minimum absolute atomic E-state index is 0.239. The van der Waals surface area contributed by atoms with Crippen LogP contribution >= 0.6 is 0 Å². The normalized spacial score (nSPS) is 21.2. The first-order chi connectivity index (χ1) is 11.2. The maximum absolute atomic E-state index is 13.2. The number of rotatable bonds is 2. The predicted octanol–water partition coefficient (Wildman–Crippen LogP) is 3.32. The van der Waals surface area contributed by atoms with Crippen LogP contribution in [0, 0.1) is 5.41 Å². The number of alkyl halides is 3. The molecule has 1 N–H and O–H groups in total. The van der Waals surface area contributed by atoms with Crippen molar-refractivity contribution in [3.05, 3.63) is 48.0 Å². The lowest BCUT2D eigenvalue weighted by molar-refractivity contribution is -0.227. The van der Waals surface area contributed by atoms with Gasteiger partial charge in [-0.1, -0.05) is 30.3 Å². The van der Waals surface area contributed by atoms with Gasteiger partial charge < -0.3 is 10.0 Å². The van der Waals surface area contributed by atoms with Crippen molar-refractivity contribution in [1.82, 2.24) is 4.90 Å². The molecule has 3 rings (SSSR count). The van der Waals surface area contributed by atoms with Crippen molar-refractivity contribution >= 4 is 22.6 Å². The molecule has 0 spiro atoms. The van der Waals surface area contributed by atoms with E-state index in [0.29, 0.717) is 0 Å². The van der Waals surface area contributed by atoms with Crippen LogP contribution < -0.4 is 0 Å². The highest BCUT2D eigenvalue weighted by Gasteiger charge is 2.64. The van der Waals surface area contributed by atoms with Gasteiger partial charge in [0.05, 0.1) is 0 Å². The largest absolute Gasteiger partial charge is 0.481 e. The van der Waals surface area contributed by atoms with Gasteiger partial charge in [-0.25, -0.2) is 0 Å². The number of amides is 1. The van der Waals surface area contributed by atoms with Crippen molar-refractivity contribution < 1.29 is 27.9 Å². The van der Waals surface area contributed by atoms with Gasteiger partial charge in [-0.05, 0) is 29.3 Å². The zero-order valence-electron chi connectivity index (χ0n) is 12.5. The first kappa shape index (κ1) is 16.3. The molecule has 1 aliphatic rings. The van der Waals surface area contributed by atoms with Crippen molar-refractivity contribution in [2.24, 2.45) is 5.41 Å². The molecular weight excluding hydrogens is 323 g/mol. The molecule has 0 radical (unpaired) electrons. The summed E-state index contributed by atoms with van der Waals surface area (Å²) in [6.07, 6.45) is -5.54. The van der Waals surface area contributed by atoms with E-state index in [1.807, 2.05) is 12.1 Å². The fraction of sp³-hybridized carbons (Fsp3) is 0.294. The number of fused-ring (bicyclic) bond motifs is 1. The van der Waals surface area contributed by atoms with E-state index in [-0.39, 0.29) is 12.1 Å². The molecule has 7 heteroatoms. The summed E-state index contributed by atoms with van der Waals surface area (Å²) in [6, 6.07) is 12.2. The third kappa shape index (κ3) is 2.50. The number of nitrogens with zero attached hydrogens (tertiary/aromatic N) is 1. The van der Waals surface area contributed by atoms with Crippen LogP contribution in [0.3, 0.4) is 0 Å². The molecule has 1 aliphatic heterocycles. The average molecular weight is 337 g/mol. The number of carbonyl (C=O) groups excluding carboxylic acids is 1. The van der Waals surface area contributed by atoms with Crippen LogP contribution in [0.15, 0.2) is 42.5 Å². The summed E-state index contributed by atoms with van der Waals surface area (Å²) in [7, 11) is 0. The zero-order chi connectivity index (χ0) is 17.5. The second-order valence-electron chi connectivity index (χ2n) is 5.92. The second kappa shape index (κ2) is 5.51. The molecule has 1 saturated heterocycles. The van der Waals surface area contributed by atoms with Gasteiger partial charge in [-0.3, -0.25) is 9.59 Å². The zero-order valence-corrected chi connectivity index (χ0v) is 12.5. The molecular formula is C17H14F3NO3. The van der Waals surface area contributed by atoms with E-state index >= 15 is 0 Å². The number of carboxylic acids is 1. The van der Waals surface area contributed by atoms with E-state index in [4.69, 9.17) is 5.11 Å². The van der Waals surface area contributed by atoms with Gasteiger partial charge in [0, 0.05) is 18.7 Å². The quantitative estimate of drug-likeness (QED) is 0.915. The lowest BCUT2D eigenvalue weighted by Gasteiger charge is -2.27. The van der Waals surface area contributed by atoms with Crippen LogP contribution in [-0.4, -0.2) is 41.1 Å². The Morgan fingerprint density at radius 1 is 1.08 bits per heavy atom. The van der Waals surface area contributed by atoms with E-state index in [2.05, 4.69) is 0 Å². The molecule has 0 aliphatic carbocycles. The number of hydrogen-bond acceptors (Lipinski definition) is 2. The number of aliphatic carboxylic acids is 1. The number of halogens is 3. The highest BCUT2D eigenvalue weighted by Crippen LogP contribution is 2.46. The Bertz CT molecular complexity index is 818. The molecule has 1 amide bonds. The van der Waals surface area contributed by atoms with Crippen LogP contribution in [0.2, 0.25) is 0 Å². The molecule has 1 unspecified atom stereocenters. The van der Waals surface area contributed by atoms with Gasteiger partial charge in [0.1, 0.15) is 0 Å². The Balaban J connectivity index is 1.89. The van der Waals surface area contributed by atoms with Gasteiger partial charge in [0.15, 0.2) is 5.41 Å². The fourth-order valence-electron chi connectivity index (χ4n) is 3.02. The highest BCUT2D eigenvalue weighted by molar-refractivity contribution is 5.99. The van der Waals surface area contributed by atoms with E-state index in [1.54, 1.807) is 30.3 Å². The molecule has 2 aromatic rings. The fourth-order valence-corrected chi connectivity index (χ4v) is 3.02. The number of hydrogen-bond donors (Lipinski definition) is 1. The van der Waals surface area contributed by atoms with Crippen LogP contribution in [-0.2, 0) is 4.79 Å². The summed E-state index contributed by atoms with van der Waals surface area (Å²) >= 11 is 0. The third-order valence-electron chi connectivity index (χ3n) is 4.50. The van der Waals surface area contributed by atoms with Crippen molar-refractivity contribution in [1.29, 1.82) is 0 Å². The van der Waals surface area contributed by atoms with Gasteiger partial charge in [-0.15, -0.1) is 0 Å². The Morgan fingerprint density at radius 3 is 2.33 bits per heavy atom. The van der Waals surface area contributed by atoms with Gasteiger partial charge >= 0.3 is 12.1 Å². The smallest absolute Gasteiger partial charge is 0.406 e. The van der Waals surface area contributed by atoms with E-state index in [9.17, 15) is 22.8 Å². The molecule has 2 aromatic carbocycles. The van der Waals surface area contributed by atoms with Crippen molar-refractivity contribution in [3.8, 4) is 0 Å². The Kier molecular flexibility index (Phi) is 3.74. The number of likely N-dealkylation sites (tertiary alicyclic amines) is 1. The number of carbonyl (C=O) groups is 2. The molecule has 126 valence electrons. The minimum Gasteiger partial charge on any atom is -0.481 e. The lowest BCUT2D eigenvalue weighted by Crippen LogP contribution is -2.47. The van der Waals surface area contributed by atoms with E-state index < -0.39 is 36.4 Å². The summed E-state index contributed by atoms with van der Waals surface area (Å²) < 4.78 is 39.6. The standard InChI is InChI=1S/C17H14F3NO3/c18-17(19,20)16(15(23)24)7-8-21(10-16)14(22)13-6-5-11-3-1-2-4-12(11)9-13/h1-6,9H,7-8,10H2,(H,23,24). The maximum Gasteiger partial charge on any atom is 0.406 e. The molecule has 4 nitrogen and oxygen atoms in total. The van der Waals surface area contributed by atoms with E-state index in [0.717, 1.165) is 15.7 Å². The van der Waals surface area contributed by atoms with Gasteiger partial charge in [0.25, 0.3) is 5.91 Å². The van der Waals surface area contributed by atoms with Crippen molar-refractivity contribution in [3.63, 3.8) is 0 Å². The summed E-state index contributed by atoms with van der Waals surface area (Å²) in [5, 5.41) is 10.8. The Morgan fingerprint density at radius 2 is 1.75 bits per heavy atom. The van der Waals surface area contributed by atoms with Crippen LogP contribution in [0.25, 0.3) is 10.8 Å². The summed E-state index contributed by atoms with van der Waals surface area (Å²) in [5.74, 6) is -2.53. The predicted molar refractivity (Wildman–Crippen MR) is 80.6 cm³/mol. The Hall–Kier alpha value is -2.57. The van der Waals surface area contributed by atoms with Gasteiger partial charge in [-0.2, -0.15) is 13.2 Å². The number of carboxylic acid groups (broad SMARTS) is 1. The molecule has 0 saturated carbocycles. The minimum atomic E-state index is -4.91. The molecule has 1 atom stereocenters. The third-order valence-corrected chi connectivity index (χ3v) is 4.50. The maximum atomic E-state index is 13.2. The molecule has 0 aromatic heterocycles.